The van der Waals surface area contributed by atoms with Gasteiger partial charge in [-0.15, -0.1) is 16.4 Å². The Morgan fingerprint density at radius 1 is 1.22 bits per heavy atom. The molecule has 0 saturated carbocycles. The summed E-state index contributed by atoms with van der Waals surface area (Å²) in [6.45, 7) is 0. The van der Waals surface area contributed by atoms with Gasteiger partial charge in [0, 0.05) is 5.56 Å². The van der Waals surface area contributed by atoms with Gasteiger partial charge >= 0.3 is 0 Å². The van der Waals surface area contributed by atoms with E-state index < -0.39 is 0 Å². The van der Waals surface area contributed by atoms with Crippen LogP contribution in [-0.4, -0.2) is 21.7 Å². The van der Waals surface area contributed by atoms with E-state index in [1.807, 2.05) is 47.9 Å². The molecule has 4 aromatic rings. The Hall–Kier alpha value is -2.51. The number of hydrogen-bond donors (Lipinski definition) is 0. The van der Waals surface area contributed by atoms with E-state index in [0.29, 0.717) is 15.3 Å². The number of para-hydroxylation sites is 1. The van der Waals surface area contributed by atoms with Crippen LogP contribution in [0.5, 0.6) is 5.75 Å². The summed E-state index contributed by atoms with van der Waals surface area (Å²) in [5.74, 6) is 1.32. The molecule has 1 aromatic carbocycles. The third kappa shape index (κ3) is 2.43. The van der Waals surface area contributed by atoms with Gasteiger partial charge in [-0.1, -0.05) is 35.6 Å². The highest BCUT2D eigenvalue weighted by atomic mass is 32.1. The zero-order valence-corrected chi connectivity index (χ0v) is 13.7. The molecular weight excluding hydrogens is 330 g/mol. The molecule has 0 aliphatic rings. The third-order valence-corrected chi connectivity index (χ3v) is 5.17. The van der Waals surface area contributed by atoms with Crippen LogP contribution in [-0.2, 0) is 0 Å². The van der Waals surface area contributed by atoms with Crippen LogP contribution in [0.25, 0.3) is 21.7 Å². The van der Waals surface area contributed by atoms with Gasteiger partial charge in [0.2, 0.25) is 4.96 Å². The van der Waals surface area contributed by atoms with Gasteiger partial charge in [-0.25, -0.2) is 0 Å². The molecule has 7 heteroatoms. The zero-order valence-electron chi connectivity index (χ0n) is 12.1. The first-order chi connectivity index (χ1) is 11.3. The normalized spacial score (nSPS) is 12.1. The molecule has 0 fully saturated rings. The lowest BCUT2D eigenvalue weighted by Crippen LogP contribution is -2.23. The molecule has 114 valence electrons. The Morgan fingerprint density at radius 2 is 2.09 bits per heavy atom. The number of hydrogen-bond acceptors (Lipinski definition) is 6. The monoisotopic (exact) mass is 341 g/mol. The zero-order chi connectivity index (χ0) is 15.8. The highest BCUT2D eigenvalue weighted by molar-refractivity contribution is 7.15. The molecule has 3 heterocycles. The van der Waals surface area contributed by atoms with E-state index in [4.69, 9.17) is 4.74 Å². The molecule has 0 N–H and O–H groups in total. The number of thiophene rings is 1. The number of rotatable bonds is 3. The van der Waals surface area contributed by atoms with E-state index in [-0.39, 0.29) is 5.56 Å². The summed E-state index contributed by atoms with van der Waals surface area (Å²) in [6.07, 6.45) is 1.81. The number of fused-ring (bicyclic) bond motifs is 1. The van der Waals surface area contributed by atoms with Gasteiger partial charge in [0.05, 0.1) is 16.5 Å². The molecular formula is C16H11N3O2S2. The van der Waals surface area contributed by atoms with Crippen LogP contribution in [0.1, 0.15) is 5.56 Å². The van der Waals surface area contributed by atoms with Crippen molar-refractivity contribution in [2.45, 2.75) is 0 Å². The number of nitrogens with zero attached hydrogens (tertiary/aromatic N) is 3. The predicted molar refractivity (Wildman–Crippen MR) is 92.2 cm³/mol. The lowest BCUT2D eigenvalue weighted by atomic mass is 10.2. The fourth-order valence-electron chi connectivity index (χ4n) is 2.27. The Bertz CT molecular complexity index is 1080. The Labute approximate surface area is 139 Å². The quantitative estimate of drug-likeness (QED) is 0.574. The molecule has 0 aliphatic carbocycles. The number of benzene rings is 1. The maximum absolute atomic E-state index is 12.5. The summed E-state index contributed by atoms with van der Waals surface area (Å²) in [7, 11) is 1.61. The number of methoxy groups -OCH3 is 1. The van der Waals surface area contributed by atoms with Crippen LogP contribution < -0.4 is 14.8 Å². The molecule has 23 heavy (non-hydrogen) atoms. The standard InChI is InChI=1S/C16H11N3O2S2/c1-21-11-6-3-2-5-10(11)9-13-15(20)19-16(23-13)17-14(18-19)12-7-4-8-22-12/h2-9H,1H3. The molecule has 0 bridgehead atoms. The Morgan fingerprint density at radius 3 is 2.83 bits per heavy atom. The van der Waals surface area contributed by atoms with Crippen molar-refractivity contribution in [1.29, 1.82) is 0 Å². The van der Waals surface area contributed by atoms with E-state index in [9.17, 15) is 4.79 Å². The lowest BCUT2D eigenvalue weighted by Gasteiger charge is -2.02. The third-order valence-electron chi connectivity index (χ3n) is 3.35. The van der Waals surface area contributed by atoms with Crippen LogP contribution >= 0.6 is 22.7 Å². The average Bonchev–Trinajstić information content (AvgIpc) is 3.27. The molecule has 5 nitrogen and oxygen atoms in total. The smallest absolute Gasteiger partial charge is 0.291 e. The second-order valence-corrected chi connectivity index (χ2v) is 6.72. The lowest BCUT2D eigenvalue weighted by molar-refractivity contribution is 0.414. The highest BCUT2D eigenvalue weighted by Crippen LogP contribution is 2.22. The molecule has 0 unspecified atom stereocenters. The maximum Gasteiger partial charge on any atom is 0.291 e. The van der Waals surface area contributed by atoms with E-state index in [1.165, 1.54) is 15.9 Å². The first-order valence-electron chi connectivity index (χ1n) is 6.84. The highest BCUT2D eigenvalue weighted by Gasteiger charge is 2.12. The molecule has 0 spiro atoms. The van der Waals surface area contributed by atoms with Crippen LogP contribution in [0.15, 0.2) is 46.6 Å². The van der Waals surface area contributed by atoms with E-state index in [1.54, 1.807) is 18.4 Å². The summed E-state index contributed by atoms with van der Waals surface area (Å²) < 4.78 is 7.26. The van der Waals surface area contributed by atoms with Crippen molar-refractivity contribution >= 4 is 33.7 Å². The summed E-state index contributed by atoms with van der Waals surface area (Å²) in [5, 5.41) is 6.28. The largest absolute Gasteiger partial charge is 0.496 e. The number of thiazole rings is 1. The molecule has 4 rings (SSSR count). The molecule has 0 aliphatic heterocycles. The minimum atomic E-state index is -0.161. The molecule has 0 saturated heterocycles. The van der Waals surface area contributed by atoms with Crippen molar-refractivity contribution in [3.63, 3.8) is 0 Å². The van der Waals surface area contributed by atoms with Crippen molar-refractivity contribution in [3.8, 4) is 16.5 Å². The Kier molecular flexibility index (Phi) is 3.44. The topological polar surface area (TPSA) is 56.5 Å². The first-order valence-corrected chi connectivity index (χ1v) is 8.54. The molecule has 0 radical (unpaired) electrons. The second kappa shape index (κ2) is 5.60. The van der Waals surface area contributed by atoms with E-state index in [0.717, 1.165) is 16.2 Å². The van der Waals surface area contributed by atoms with Gasteiger partial charge in [-0.3, -0.25) is 4.79 Å². The van der Waals surface area contributed by atoms with Crippen molar-refractivity contribution in [1.82, 2.24) is 14.6 Å². The number of aromatic nitrogens is 3. The molecule has 0 atom stereocenters. The fourth-order valence-corrected chi connectivity index (χ4v) is 3.82. The van der Waals surface area contributed by atoms with Crippen LogP contribution in [0.3, 0.4) is 0 Å². The van der Waals surface area contributed by atoms with Crippen molar-refractivity contribution in [2.24, 2.45) is 0 Å². The predicted octanol–water partition coefficient (Wildman–Crippen LogP) is 2.44. The van der Waals surface area contributed by atoms with Gasteiger partial charge in [0.15, 0.2) is 5.82 Å². The van der Waals surface area contributed by atoms with Crippen LogP contribution in [0.4, 0.5) is 0 Å². The summed E-state index contributed by atoms with van der Waals surface area (Å²) in [5.41, 5.74) is 0.696. The van der Waals surface area contributed by atoms with Gasteiger partial charge in [0.25, 0.3) is 5.56 Å². The van der Waals surface area contributed by atoms with Gasteiger partial charge in [0.1, 0.15) is 5.75 Å². The number of ether oxygens (including phenoxy) is 1. The van der Waals surface area contributed by atoms with Crippen LogP contribution in [0.2, 0.25) is 0 Å². The minimum absolute atomic E-state index is 0.161. The fraction of sp³-hybridized carbons (Fsp3) is 0.0625. The summed E-state index contributed by atoms with van der Waals surface area (Å²) >= 11 is 2.88. The van der Waals surface area contributed by atoms with E-state index in [2.05, 4.69) is 10.1 Å². The maximum atomic E-state index is 12.5. The second-order valence-electron chi connectivity index (χ2n) is 4.76. The summed E-state index contributed by atoms with van der Waals surface area (Å²) in [4.78, 5) is 18.5. The van der Waals surface area contributed by atoms with Gasteiger partial charge < -0.3 is 4.74 Å². The summed E-state index contributed by atoms with van der Waals surface area (Å²) in [6, 6.07) is 11.5. The first kappa shape index (κ1) is 14.1. The SMILES string of the molecule is COc1ccccc1C=c1sc2nc(-c3cccs3)nn2c1=O. The minimum Gasteiger partial charge on any atom is -0.496 e. The van der Waals surface area contributed by atoms with Gasteiger partial charge in [-0.05, 0) is 23.6 Å². The molecule has 0 amide bonds. The molecule has 3 aromatic heterocycles. The Balaban J connectivity index is 1.86. The van der Waals surface area contributed by atoms with E-state index >= 15 is 0 Å². The van der Waals surface area contributed by atoms with Crippen molar-refractivity contribution < 1.29 is 4.74 Å². The van der Waals surface area contributed by atoms with Crippen molar-refractivity contribution in [2.75, 3.05) is 7.11 Å². The average molecular weight is 341 g/mol. The van der Waals surface area contributed by atoms with Crippen molar-refractivity contribution in [3.05, 3.63) is 62.2 Å². The van der Waals surface area contributed by atoms with Gasteiger partial charge in [-0.2, -0.15) is 9.50 Å². The van der Waals surface area contributed by atoms with Crippen LogP contribution in [0, 0.1) is 0 Å².